The van der Waals surface area contributed by atoms with Gasteiger partial charge in [-0.25, -0.2) is 5.43 Å². The first kappa shape index (κ1) is 22.1. The largest absolute Gasteiger partial charge is 0.484 e. The molecule has 0 saturated heterocycles. The van der Waals surface area contributed by atoms with Crippen LogP contribution in [0.5, 0.6) is 5.75 Å². The van der Waals surface area contributed by atoms with Crippen LogP contribution in [0.4, 0.5) is 5.69 Å². The van der Waals surface area contributed by atoms with Crippen molar-refractivity contribution < 1.29 is 14.3 Å². The van der Waals surface area contributed by atoms with Crippen molar-refractivity contribution in [3.8, 4) is 5.75 Å². The number of nitrogens with zero attached hydrogens (tertiary/aromatic N) is 1. The molecule has 0 saturated carbocycles. The molecule has 0 aliphatic heterocycles. The average Bonchev–Trinajstić information content (AvgIpc) is 2.79. The quantitative estimate of drug-likeness (QED) is 0.405. The van der Waals surface area contributed by atoms with Crippen LogP contribution in [0.3, 0.4) is 0 Å². The number of amides is 2. The van der Waals surface area contributed by atoms with Gasteiger partial charge in [-0.15, -0.1) is 0 Å². The van der Waals surface area contributed by atoms with E-state index >= 15 is 0 Å². The molecular formula is C24H22ClN3O3. The van der Waals surface area contributed by atoms with Crippen molar-refractivity contribution in [2.45, 2.75) is 13.3 Å². The summed E-state index contributed by atoms with van der Waals surface area (Å²) in [5, 5.41) is 7.59. The normalized spacial score (nSPS) is 11.0. The molecule has 2 N–H and O–H groups in total. The Morgan fingerprint density at radius 2 is 1.58 bits per heavy atom. The fraction of sp³-hybridized carbons (Fsp3) is 0.125. The van der Waals surface area contributed by atoms with Crippen LogP contribution in [0.2, 0.25) is 5.02 Å². The Hall–Kier alpha value is -3.64. The monoisotopic (exact) mass is 435 g/mol. The molecule has 0 atom stereocenters. The Morgan fingerprint density at radius 3 is 2.26 bits per heavy atom. The first-order valence-corrected chi connectivity index (χ1v) is 10.0. The molecule has 3 aromatic carbocycles. The molecule has 7 heteroatoms. The minimum atomic E-state index is -0.353. The summed E-state index contributed by atoms with van der Waals surface area (Å²) < 4.78 is 5.38. The van der Waals surface area contributed by atoms with Crippen LogP contribution in [0.1, 0.15) is 18.1 Å². The Bertz CT molecular complexity index is 1050. The predicted molar refractivity (Wildman–Crippen MR) is 123 cm³/mol. The topological polar surface area (TPSA) is 79.8 Å². The highest BCUT2D eigenvalue weighted by Gasteiger charge is 2.06. The van der Waals surface area contributed by atoms with Crippen molar-refractivity contribution in [2.75, 3.05) is 11.9 Å². The molecule has 0 heterocycles. The van der Waals surface area contributed by atoms with Gasteiger partial charge in [0.2, 0.25) is 5.91 Å². The number of para-hydroxylation sites is 1. The van der Waals surface area contributed by atoms with E-state index in [4.69, 9.17) is 16.3 Å². The van der Waals surface area contributed by atoms with E-state index in [-0.39, 0.29) is 24.8 Å². The molecule has 158 valence electrons. The lowest BCUT2D eigenvalue weighted by Gasteiger charge is -2.08. The van der Waals surface area contributed by atoms with Gasteiger partial charge in [0, 0.05) is 10.7 Å². The maximum atomic E-state index is 12.2. The standard InChI is InChI=1S/C24H22ClN3O3/c1-17(27-28-24(30)16-31-22-5-3-2-4-6-22)19-9-13-21(14-10-19)26-23(29)15-18-7-11-20(25)12-8-18/h2-14H,15-16H2,1H3,(H,26,29)(H,28,30)/b27-17-. The van der Waals surface area contributed by atoms with Gasteiger partial charge in [0.1, 0.15) is 5.75 Å². The Balaban J connectivity index is 1.48. The molecule has 0 aliphatic rings. The molecule has 0 fully saturated rings. The van der Waals surface area contributed by atoms with Gasteiger partial charge < -0.3 is 10.1 Å². The smallest absolute Gasteiger partial charge is 0.277 e. The van der Waals surface area contributed by atoms with Crippen LogP contribution in [0.25, 0.3) is 0 Å². The first-order chi connectivity index (χ1) is 15.0. The van der Waals surface area contributed by atoms with Crippen molar-refractivity contribution in [3.63, 3.8) is 0 Å². The predicted octanol–water partition coefficient (Wildman–Crippen LogP) is 4.44. The SMILES string of the molecule is C/C(=N/NC(=O)COc1ccccc1)c1ccc(NC(=O)Cc2ccc(Cl)cc2)cc1. The van der Waals surface area contributed by atoms with Gasteiger partial charge in [-0.05, 0) is 54.4 Å². The Labute approximate surface area is 185 Å². The van der Waals surface area contributed by atoms with Crippen molar-refractivity contribution in [1.29, 1.82) is 0 Å². The number of carbonyl (C=O) groups is 2. The fourth-order valence-corrected chi connectivity index (χ4v) is 2.82. The molecule has 0 radical (unpaired) electrons. The summed E-state index contributed by atoms with van der Waals surface area (Å²) in [6.07, 6.45) is 0.260. The van der Waals surface area contributed by atoms with E-state index < -0.39 is 0 Å². The Morgan fingerprint density at radius 1 is 0.903 bits per heavy atom. The fourth-order valence-electron chi connectivity index (χ4n) is 2.70. The molecule has 3 aromatic rings. The number of hydrazone groups is 1. The zero-order chi connectivity index (χ0) is 22.1. The van der Waals surface area contributed by atoms with Crippen molar-refractivity contribution in [2.24, 2.45) is 5.10 Å². The minimum Gasteiger partial charge on any atom is -0.484 e. The highest BCUT2D eigenvalue weighted by Crippen LogP contribution is 2.13. The van der Waals surface area contributed by atoms with Crippen LogP contribution in [-0.2, 0) is 16.0 Å². The lowest BCUT2D eigenvalue weighted by molar-refractivity contribution is -0.123. The van der Waals surface area contributed by atoms with E-state index in [0.717, 1.165) is 11.1 Å². The zero-order valence-electron chi connectivity index (χ0n) is 17.0. The van der Waals surface area contributed by atoms with Gasteiger partial charge in [0.05, 0.1) is 12.1 Å². The first-order valence-electron chi connectivity index (χ1n) is 9.65. The van der Waals surface area contributed by atoms with Crippen LogP contribution in [0.15, 0.2) is 84.0 Å². The molecule has 2 amide bonds. The second-order valence-electron chi connectivity index (χ2n) is 6.76. The number of hydrogen-bond acceptors (Lipinski definition) is 4. The van der Waals surface area contributed by atoms with Crippen molar-refractivity contribution in [3.05, 3.63) is 95.0 Å². The van der Waals surface area contributed by atoms with Crippen molar-refractivity contribution >= 4 is 34.8 Å². The van der Waals surface area contributed by atoms with Crippen LogP contribution < -0.4 is 15.5 Å². The number of nitrogens with one attached hydrogen (secondary N) is 2. The maximum Gasteiger partial charge on any atom is 0.277 e. The van der Waals surface area contributed by atoms with Gasteiger partial charge >= 0.3 is 0 Å². The van der Waals surface area contributed by atoms with E-state index in [2.05, 4.69) is 15.8 Å². The molecule has 3 rings (SSSR count). The highest BCUT2D eigenvalue weighted by atomic mass is 35.5. The van der Waals surface area contributed by atoms with E-state index in [0.29, 0.717) is 22.2 Å². The summed E-state index contributed by atoms with van der Waals surface area (Å²) in [4.78, 5) is 24.1. The molecule has 31 heavy (non-hydrogen) atoms. The van der Waals surface area contributed by atoms with Gasteiger partial charge in [-0.3, -0.25) is 9.59 Å². The summed E-state index contributed by atoms with van der Waals surface area (Å²) in [6.45, 7) is 1.66. The van der Waals surface area contributed by atoms with Crippen LogP contribution in [0, 0.1) is 0 Å². The number of benzene rings is 3. The molecule has 0 aliphatic carbocycles. The number of carbonyl (C=O) groups excluding carboxylic acids is 2. The van der Waals surface area contributed by atoms with E-state index in [1.54, 1.807) is 43.3 Å². The summed E-state index contributed by atoms with van der Waals surface area (Å²) in [5.41, 5.74) is 5.48. The van der Waals surface area contributed by atoms with Gasteiger partial charge in [-0.1, -0.05) is 54.1 Å². The molecule has 0 aromatic heterocycles. The maximum absolute atomic E-state index is 12.2. The van der Waals surface area contributed by atoms with Gasteiger partial charge in [0.25, 0.3) is 5.91 Å². The number of anilines is 1. The van der Waals surface area contributed by atoms with E-state index in [9.17, 15) is 9.59 Å². The average molecular weight is 436 g/mol. The summed E-state index contributed by atoms with van der Waals surface area (Å²) in [6, 6.07) is 23.5. The minimum absolute atomic E-state index is 0.119. The van der Waals surface area contributed by atoms with Gasteiger partial charge in [0.15, 0.2) is 6.61 Å². The molecule has 6 nitrogen and oxygen atoms in total. The summed E-state index contributed by atoms with van der Waals surface area (Å²) >= 11 is 5.86. The van der Waals surface area contributed by atoms with Gasteiger partial charge in [-0.2, -0.15) is 5.10 Å². The second kappa shape index (κ2) is 10.9. The zero-order valence-corrected chi connectivity index (χ0v) is 17.7. The van der Waals surface area contributed by atoms with Crippen LogP contribution >= 0.6 is 11.6 Å². The number of rotatable bonds is 8. The third-order valence-electron chi connectivity index (χ3n) is 4.33. The third-order valence-corrected chi connectivity index (χ3v) is 4.58. The van der Waals surface area contributed by atoms with E-state index in [1.165, 1.54) is 0 Å². The highest BCUT2D eigenvalue weighted by molar-refractivity contribution is 6.30. The third kappa shape index (κ3) is 7.28. The number of ether oxygens (including phenoxy) is 1. The number of halogens is 1. The summed E-state index contributed by atoms with van der Waals surface area (Å²) in [7, 11) is 0. The van der Waals surface area contributed by atoms with Crippen molar-refractivity contribution in [1.82, 2.24) is 5.43 Å². The molecule has 0 unspecified atom stereocenters. The molecule has 0 bridgehead atoms. The second-order valence-corrected chi connectivity index (χ2v) is 7.20. The Kier molecular flexibility index (Phi) is 7.79. The summed E-state index contributed by atoms with van der Waals surface area (Å²) in [5.74, 6) is 0.146. The molecular weight excluding hydrogens is 414 g/mol. The van der Waals surface area contributed by atoms with E-state index in [1.807, 2.05) is 42.5 Å². The molecule has 0 spiro atoms. The lowest BCUT2D eigenvalue weighted by Crippen LogP contribution is -2.25. The number of hydrogen-bond donors (Lipinski definition) is 2. The van der Waals surface area contributed by atoms with Crippen LogP contribution in [-0.4, -0.2) is 24.1 Å². The lowest BCUT2D eigenvalue weighted by atomic mass is 10.1.